The molecule has 0 amide bonds. The Bertz CT molecular complexity index is 492. The normalized spacial score (nSPS) is 10.8. The minimum Gasteiger partial charge on any atom is -0.518 e. The van der Waals surface area contributed by atoms with Crippen molar-refractivity contribution in [1.82, 2.24) is 0 Å². The maximum atomic E-state index is 11.7. The van der Waals surface area contributed by atoms with E-state index in [9.17, 15) is 9.90 Å². The predicted octanol–water partition coefficient (Wildman–Crippen LogP) is 3.56. The maximum absolute atomic E-state index is 11.7. The summed E-state index contributed by atoms with van der Waals surface area (Å²) in [5.74, 6) is -1.11. The summed E-state index contributed by atoms with van der Waals surface area (Å²) < 4.78 is 4.97. The molecule has 0 aliphatic heterocycles. The monoisotopic (exact) mass is 322 g/mol. The fourth-order valence-electron chi connectivity index (χ4n) is 1.51. The van der Waals surface area contributed by atoms with E-state index in [1.807, 2.05) is 6.92 Å². The molecule has 0 aliphatic carbocycles. The fraction of sp³-hybridized carbons (Fsp3) is 0.333. The Hall–Kier alpha value is -1.76. The van der Waals surface area contributed by atoms with Crippen LogP contribution in [0.2, 0.25) is 0 Å². The van der Waals surface area contributed by atoms with Crippen LogP contribution in [0.1, 0.15) is 31.7 Å². The zero-order chi connectivity index (χ0) is 14.1. The molecule has 0 atom stereocenters. The average molecular weight is 323 g/mol. The summed E-state index contributed by atoms with van der Waals surface area (Å²) in [5, 5.41) is 9.92. The Balaban J connectivity index is 0.00000361. The summed E-state index contributed by atoms with van der Waals surface area (Å²) in [7, 11) is 0. The van der Waals surface area contributed by atoms with E-state index in [-0.39, 0.29) is 35.1 Å². The van der Waals surface area contributed by atoms with E-state index in [1.54, 1.807) is 30.3 Å². The summed E-state index contributed by atoms with van der Waals surface area (Å²) in [6.45, 7) is 9.31. The molecule has 111 valence electrons. The first-order valence-corrected chi connectivity index (χ1v) is 6.24. The van der Waals surface area contributed by atoms with Crippen LogP contribution in [0.3, 0.4) is 0 Å². The van der Waals surface area contributed by atoms with Crippen LogP contribution in [-0.2, 0) is 26.6 Å². The molecular weight excluding hydrogens is 306 g/mol. The summed E-state index contributed by atoms with van der Waals surface area (Å²) in [5.41, 5.74) is 0.0571. The zero-order valence-electron chi connectivity index (χ0n) is 11.2. The number of ether oxygens (including phenoxy) is 1. The van der Waals surface area contributed by atoms with Crippen LogP contribution in [0.15, 0.2) is 36.0 Å². The summed E-state index contributed by atoms with van der Waals surface area (Å²) in [6, 6.07) is 8.49. The minimum atomic E-state index is -0.771. The van der Waals surface area contributed by atoms with Crippen LogP contribution in [0.5, 0.6) is 0 Å². The van der Waals surface area contributed by atoms with E-state index >= 15 is 0 Å². The van der Waals surface area contributed by atoms with Crippen LogP contribution in [0.25, 0.3) is 10.6 Å². The Morgan fingerprint density at radius 2 is 1.95 bits per heavy atom. The van der Waals surface area contributed by atoms with Crippen LogP contribution < -0.4 is 0 Å². The molecular formula is C15H17CuNO3. The Morgan fingerprint density at radius 1 is 1.30 bits per heavy atom. The number of hydrogen-bond donors (Lipinski definition) is 1. The first-order valence-electron chi connectivity index (χ1n) is 6.24. The number of benzene rings is 1. The topological polar surface area (TPSA) is 50.9 Å². The molecule has 0 heterocycles. The number of carbonyl (C=O) groups excluding carboxylic acids is 1. The van der Waals surface area contributed by atoms with E-state index in [4.69, 9.17) is 11.3 Å². The standard InChI is InChI=1S/C15H17NO3.Cu/c1-3-4-8-11-19-15(18)13(16-2)14(17)12-9-6-5-7-10-12;/h5-7,9-10,17H,3-4,8,11H2,1H3;/b14-13+;. The number of unbranched alkanes of at least 4 members (excludes halogenated alkanes) is 2. The van der Waals surface area contributed by atoms with Crippen molar-refractivity contribution >= 4 is 11.7 Å². The number of carbonyl (C=O) groups is 1. The van der Waals surface area contributed by atoms with Crippen LogP contribution in [0.4, 0.5) is 0 Å². The second-order valence-corrected chi connectivity index (χ2v) is 4.02. The fourth-order valence-corrected chi connectivity index (χ4v) is 1.51. The molecule has 0 aliphatic rings. The van der Waals surface area contributed by atoms with Crippen molar-refractivity contribution in [2.45, 2.75) is 26.2 Å². The molecule has 5 heteroatoms. The van der Waals surface area contributed by atoms with Gasteiger partial charge in [0.1, 0.15) is 5.76 Å². The van der Waals surface area contributed by atoms with Gasteiger partial charge < -0.3 is 9.84 Å². The van der Waals surface area contributed by atoms with Gasteiger partial charge >= 0.3 is 11.7 Å². The molecule has 0 saturated heterocycles. The van der Waals surface area contributed by atoms with Gasteiger partial charge in [0, 0.05) is 22.6 Å². The molecule has 4 nitrogen and oxygen atoms in total. The second-order valence-electron chi connectivity index (χ2n) is 4.02. The molecule has 1 rings (SSSR count). The van der Waals surface area contributed by atoms with Crippen molar-refractivity contribution in [3.63, 3.8) is 0 Å². The summed E-state index contributed by atoms with van der Waals surface area (Å²) >= 11 is 0. The van der Waals surface area contributed by atoms with Crippen molar-refractivity contribution in [2.24, 2.45) is 0 Å². The molecule has 0 bridgehead atoms. The number of nitrogens with zero attached hydrogens (tertiary/aromatic N) is 1. The Kier molecular flexibility index (Phi) is 9.19. The van der Waals surface area contributed by atoms with E-state index in [0.29, 0.717) is 5.56 Å². The first kappa shape index (κ1) is 18.2. The number of rotatable bonds is 6. The second kappa shape index (κ2) is 10.1. The van der Waals surface area contributed by atoms with Crippen molar-refractivity contribution in [3.8, 4) is 0 Å². The van der Waals surface area contributed by atoms with Crippen molar-refractivity contribution < 1.29 is 31.7 Å². The van der Waals surface area contributed by atoms with Gasteiger partial charge in [-0.15, -0.1) is 0 Å². The van der Waals surface area contributed by atoms with Gasteiger partial charge in [0.15, 0.2) is 0 Å². The molecule has 0 saturated carbocycles. The largest absolute Gasteiger partial charge is 0.518 e. The van der Waals surface area contributed by atoms with E-state index in [0.717, 1.165) is 19.3 Å². The van der Waals surface area contributed by atoms with Gasteiger partial charge in [-0.05, 0) is 6.42 Å². The van der Waals surface area contributed by atoms with Gasteiger partial charge in [0.05, 0.1) is 13.2 Å². The quantitative estimate of drug-likeness (QED) is 0.217. The number of aliphatic hydroxyl groups excluding tert-OH is 1. The molecule has 1 aromatic rings. The van der Waals surface area contributed by atoms with Crippen LogP contribution in [0, 0.1) is 6.57 Å². The third-order valence-corrected chi connectivity index (χ3v) is 2.56. The molecule has 20 heavy (non-hydrogen) atoms. The van der Waals surface area contributed by atoms with E-state index in [2.05, 4.69) is 4.85 Å². The van der Waals surface area contributed by atoms with Crippen molar-refractivity contribution in [2.75, 3.05) is 6.61 Å². The molecule has 0 spiro atoms. The van der Waals surface area contributed by atoms with Crippen LogP contribution in [-0.4, -0.2) is 17.7 Å². The summed E-state index contributed by atoms with van der Waals surface area (Å²) in [4.78, 5) is 14.8. The van der Waals surface area contributed by atoms with E-state index < -0.39 is 5.97 Å². The minimum absolute atomic E-state index is 0. The Labute approximate surface area is 129 Å². The molecule has 1 aromatic carbocycles. The van der Waals surface area contributed by atoms with Crippen LogP contribution >= 0.6 is 0 Å². The van der Waals surface area contributed by atoms with Gasteiger partial charge in [-0.1, -0.05) is 50.1 Å². The van der Waals surface area contributed by atoms with Crippen molar-refractivity contribution in [1.29, 1.82) is 0 Å². The molecule has 1 N–H and O–H groups in total. The average Bonchev–Trinajstić information content (AvgIpc) is 2.45. The molecule has 1 radical (unpaired) electrons. The molecule has 0 aromatic heterocycles. The van der Waals surface area contributed by atoms with Crippen molar-refractivity contribution in [3.05, 3.63) is 53.0 Å². The SMILES string of the molecule is [C-]#[N+]/C(C(=O)OCCCCC)=C(/O)c1ccccc1.[Cu]. The number of aliphatic hydroxyl groups is 1. The summed E-state index contributed by atoms with van der Waals surface area (Å²) in [6.07, 6.45) is 2.76. The van der Waals surface area contributed by atoms with Gasteiger partial charge in [0.2, 0.25) is 0 Å². The first-order chi connectivity index (χ1) is 9.20. The zero-order valence-corrected chi connectivity index (χ0v) is 12.2. The predicted molar refractivity (Wildman–Crippen MR) is 73.1 cm³/mol. The van der Waals surface area contributed by atoms with E-state index in [1.165, 1.54) is 0 Å². The number of hydrogen-bond acceptors (Lipinski definition) is 3. The van der Waals surface area contributed by atoms with Gasteiger partial charge in [0.25, 0.3) is 0 Å². The van der Waals surface area contributed by atoms with Gasteiger partial charge in [-0.2, -0.15) is 0 Å². The Morgan fingerprint density at radius 3 is 2.50 bits per heavy atom. The third kappa shape index (κ3) is 5.48. The maximum Gasteiger partial charge on any atom is 0.340 e. The number of esters is 1. The van der Waals surface area contributed by atoms with Gasteiger partial charge in [-0.3, -0.25) is 4.79 Å². The smallest absolute Gasteiger partial charge is 0.340 e. The third-order valence-electron chi connectivity index (χ3n) is 2.56. The molecule has 0 fully saturated rings. The van der Waals surface area contributed by atoms with Gasteiger partial charge in [-0.25, -0.2) is 4.85 Å². The molecule has 0 unspecified atom stereocenters.